The fourth-order valence-corrected chi connectivity index (χ4v) is 6.47. The third kappa shape index (κ3) is 8.02. The lowest BCUT2D eigenvalue weighted by Gasteiger charge is -2.46. The Hall–Kier alpha value is -3.71. The van der Waals surface area contributed by atoms with Crippen molar-refractivity contribution in [2.45, 2.75) is 58.2 Å². The highest BCUT2D eigenvalue weighted by Gasteiger charge is 2.34. The van der Waals surface area contributed by atoms with E-state index in [2.05, 4.69) is 109 Å². The quantitative estimate of drug-likeness (QED) is 0.231. The molecular formula is C37H47N5O. The van der Waals surface area contributed by atoms with E-state index in [1.807, 2.05) is 12.1 Å². The predicted octanol–water partition coefficient (Wildman–Crippen LogP) is 5.08. The molecule has 1 aliphatic rings. The Morgan fingerprint density at radius 1 is 0.930 bits per heavy atom. The second-order valence-corrected chi connectivity index (χ2v) is 12.4. The molecule has 0 bridgehead atoms. The van der Waals surface area contributed by atoms with E-state index >= 15 is 0 Å². The molecule has 3 atom stereocenters. The highest BCUT2D eigenvalue weighted by molar-refractivity contribution is 5.85. The van der Waals surface area contributed by atoms with Gasteiger partial charge in [-0.2, -0.15) is 0 Å². The molecule has 4 aromatic rings. The maximum absolute atomic E-state index is 13.8. The molecular weight excluding hydrogens is 530 g/mol. The van der Waals surface area contributed by atoms with Gasteiger partial charge in [-0.3, -0.25) is 9.69 Å². The summed E-state index contributed by atoms with van der Waals surface area (Å²) in [6.07, 6.45) is 2.12. The lowest BCUT2D eigenvalue weighted by molar-refractivity contribution is -0.136. The summed E-state index contributed by atoms with van der Waals surface area (Å²) in [6, 6.07) is 30.2. The number of nitrogens with one attached hydrogen (secondary N) is 1. The largest absolute Gasteiger partial charge is 0.384 e. The number of amides is 1. The molecule has 0 saturated carbocycles. The minimum absolute atomic E-state index is 0.0128. The third-order valence-corrected chi connectivity index (χ3v) is 8.79. The summed E-state index contributed by atoms with van der Waals surface area (Å²) < 4.78 is 0. The van der Waals surface area contributed by atoms with Gasteiger partial charge in [-0.25, -0.2) is 0 Å². The SMILES string of the molecule is Cc1ccc(C[C@H](N)CN2C[C@@H](C)N(C(=O)Cc3ccc4ccccc4c3)C[C@@H]2Cc2ccc(NCCN)cc2)c(C)c1. The van der Waals surface area contributed by atoms with Gasteiger partial charge in [0.25, 0.3) is 0 Å². The number of piperazine rings is 1. The summed E-state index contributed by atoms with van der Waals surface area (Å²) in [5.74, 6) is 0.188. The average molecular weight is 578 g/mol. The van der Waals surface area contributed by atoms with E-state index in [9.17, 15) is 4.79 Å². The Bertz CT molecular complexity index is 1520. The summed E-state index contributed by atoms with van der Waals surface area (Å²) in [4.78, 5) is 18.4. The first-order valence-corrected chi connectivity index (χ1v) is 15.6. The van der Waals surface area contributed by atoms with Crippen LogP contribution in [0.1, 0.15) is 34.7 Å². The van der Waals surface area contributed by atoms with Crippen LogP contribution in [-0.4, -0.2) is 66.6 Å². The Balaban J connectivity index is 1.31. The number of anilines is 1. The van der Waals surface area contributed by atoms with Gasteiger partial charge >= 0.3 is 0 Å². The number of fused-ring (bicyclic) bond motifs is 1. The topological polar surface area (TPSA) is 87.6 Å². The molecule has 0 aromatic heterocycles. The zero-order valence-electron chi connectivity index (χ0n) is 25.9. The fourth-order valence-electron chi connectivity index (χ4n) is 6.47. The normalized spacial score (nSPS) is 18.1. The number of aryl methyl sites for hydroxylation is 2. The van der Waals surface area contributed by atoms with Crippen molar-refractivity contribution in [3.63, 3.8) is 0 Å². The van der Waals surface area contributed by atoms with Crippen LogP contribution in [0, 0.1) is 13.8 Å². The monoisotopic (exact) mass is 577 g/mol. The number of hydrogen-bond acceptors (Lipinski definition) is 5. The van der Waals surface area contributed by atoms with E-state index in [1.54, 1.807) is 0 Å². The number of rotatable bonds is 11. The number of hydrogen-bond donors (Lipinski definition) is 3. The molecule has 0 unspecified atom stereocenters. The zero-order valence-corrected chi connectivity index (χ0v) is 25.9. The van der Waals surface area contributed by atoms with E-state index < -0.39 is 0 Å². The molecule has 1 fully saturated rings. The van der Waals surface area contributed by atoms with E-state index in [0.29, 0.717) is 19.5 Å². The summed E-state index contributed by atoms with van der Waals surface area (Å²) in [7, 11) is 0. The predicted molar refractivity (Wildman–Crippen MR) is 179 cm³/mol. The van der Waals surface area contributed by atoms with Crippen molar-refractivity contribution in [1.29, 1.82) is 0 Å². The maximum Gasteiger partial charge on any atom is 0.227 e. The average Bonchev–Trinajstić information content (AvgIpc) is 2.99. The molecule has 1 amide bonds. The number of carbonyl (C=O) groups excluding carboxylic acids is 1. The minimum atomic E-state index is 0.0128. The Kier molecular flexibility index (Phi) is 10.1. The highest BCUT2D eigenvalue weighted by Crippen LogP contribution is 2.23. The van der Waals surface area contributed by atoms with E-state index in [0.717, 1.165) is 43.7 Å². The smallest absolute Gasteiger partial charge is 0.227 e. The molecule has 5 rings (SSSR count). The van der Waals surface area contributed by atoms with Gasteiger partial charge in [0, 0.05) is 56.5 Å². The van der Waals surface area contributed by atoms with Crippen LogP contribution in [-0.2, 0) is 24.1 Å². The first kappa shape index (κ1) is 30.7. The van der Waals surface area contributed by atoms with Gasteiger partial charge in [0.1, 0.15) is 0 Å². The molecule has 4 aromatic carbocycles. The molecule has 1 aliphatic heterocycles. The molecule has 0 radical (unpaired) electrons. The summed E-state index contributed by atoms with van der Waals surface area (Å²) >= 11 is 0. The Morgan fingerprint density at radius 2 is 1.67 bits per heavy atom. The van der Waals surface area contributed by atoms with Crippen molar-refractivity contribution in [2.24, 2.45) is 11.5 Å². The van der Waals surface area contributed by atoms with Crippen molar-refractivity contribution in [2.75, 3.05) is 38.0 Å². The van der Waals surface area contributed by atoms with E-state index in [-0.39, 0.29) is 24.0 Å². The summed E-state index contributed by atoms with van der Waals surface area (Å²) in [5.41, 5.74) is 19.8. The van der Waals surface area contributed by atoms with E-state index in [1.165, 1.54) is 33.0 Å². The molecule has 6 heteroatoms. The molecule has 43 heavy (non-hydrogen) atoms. The van der Waals surface area contributed by atoms with Gasteiger partial charge in [0.05, 0.1) is 6.42 Å². The molecule has 6 nitrogen and oxygen atoms in total. The van der Waals surface area contributed by atoms with Crippen molar-refractivity contribution in [1.82, 2.24) is 9.80 Å². The lowest BCUT2D eigenvalue weighted by Crippen LogP contribution is -2.61. The number of nitrogens with zero attached hydrogens (tertiary/aromatic N) is 2. The van der Waals surface area contributed by atoms with Crippen LogP contribution in [0.2, 0.25) is 0 Å². The van der Waals surface area contributed by atoms with Gasteiger partial charge in [-0.05, 0) is 78.8 Å². The molecule has 226 valence electrons. The fraction of sp³-hybridized carbons (Fsp3) is 0.378. The van der Waals surface area contributed by atoms with Crippen LogP contribution in [0.15, 0.2) is 84.9 Å². The van der Waals surface area contributed by atoms with Crippen LogP contribution in [0.25, 0.3) is 10.8 Å². The van der Waals surface area contributed by atoms with Crippen molar-refractivity contribution in [3.05, 3.63) is 113 Å². The molecule has 1 heterocycles. The van der Waals surface area contributed by atoms with Gasteiger partial charge in [-0.1, -0.05) is 78.4 Å². The Labute approximate surface area is 257 Å². The van der Waals surface area contributed by atoms with Crippen LogP contribution < -0.4 is 16.8 Å². The Morgan fingerprint density at radius 3 is 2.42 bits per heavy atom. The van der Waals surface area contributed by atoms with Gasteiger partial charge < -0.3 is 21.7 Å². The molecule has 0 aliphatic carbocycles. The second-order valence-electron chi connectivity index (χ2n) is 12.4. The molecule has 0 spiro atoms. The van der Waals surface area contributed by atoms with Gasteiger partial charge in [0.15, 0.2) is 0 Å². The van der Waals surface area contributed by atoms with Crippen LogP contribution in [0.5, 0.6) is 0 Å². The molecule has 5 N–H and O–H groups in total. The summed E-state index contributed by atoms with van der Waals surface area (Å²) in [5, 5.41) is 5.72. The van der Waals surface area contributed by atoms with Gasteiger partial charge in [0.2, 0.25) is 5.91 Å². The number of benzene rings is 4. The van der Waals surface area contributed by atoms with Crippen LogP contribution in [0.3, 0.4) is 0 Å². The molecule has 1 saturated heterocycles. The van der Waals surface area contributed by atoms with Crippen LogP contribution in [0.4, 0.5) is 5.69 Å². The van der Waals surface area contributed by atoms with Crippen molar-refractivity contribution < 1.29 is 4.79 Å². The van der Waals surface area contributed by atoms with Gasteiger partial charge in [-0.15, -0.1) is 0 Å². The zero-order chi connectivity index (χ0) is 30.3. The number of nitrogens with two attached hydrogens (primary N) is 2. The minimum Gasteiger partial charge on any atom is -0.384 e. The van der Waals surface area contributed by atoms with Crippen molar-refractivity contribution >= 4 is 22.4 Å². The number of carbonyl (C=O) groups is 1. The summed E-state index contributed by atoms with van der Waals surface area (Å²) in [6.45, 7) is 10.1. The van der Waals surface area contributed by atoms with Crippen LogP contribution >= 0.6 is 0 Å². The third-order valence-electron chi connectivity index (χ3n) is 8.79. The standard InChI is InChI=1S/C37H47N5O/c1-26-8-12-32(27(2)18-26)22-34(39)24-41-23-28(3)42(25-36(41)20-29-10-14-35(15-11-29)40-17-16-38)37(43)21-30-9-13-31-6-4-5-7-33(31)19-30/h4-15,18-19,28,34,36,40H,16-17,20-25,38-39H2,1-3H3/t28-,34+,36+/m1/s1. The van der Waals surface area contributed by atoms with Crippen molar-refractivity contribution in [3.8, 4) is 0 Å². The second kappa shape index (κ2) is 14.2. The lowest BCUT2D eigenvalue weighted by atomic mass is 9.96. The maximum atomic E-state index is 13.8. The highest BCUT2D eigenvalue weighted by atomic mass is 16.2. The first-order valence-electron chi connectivity index (χ1n) is 15.6. The van der Waals surface area contributed by atoms with E-state index in [4.69, 9.17) is 11.5 Å². The first-order chi connectivity index (χ1) is 20.8.